The highest BCUT2D eigenvalue weighted by Crippen LogP contribution is 2.60. The molecule has 0 aromatic heterocycles. The van der Waals surface area contributed by atoms with Crippen molar-refractivity contribution in [1.29, 1.82) is 0 Å². The summed E-state index contributed by atoms with van der Waals surface area (Å²) in [7, 11) is 1.88. The fraction of sp³-hybridized carbons (Fsp3) is 0.667. The van der Waals surface area contributed by atoms with Gasteiger partial charge in [-0.3, -0.25) is 4.99 Å². The van der Waals surface area contributed by atoms with Gasteiger partial charge in [0.05, 0.1) is 6.10 Å². The first kappa shape index (κ1) is 16.9. The molecule has 2 aliphatic carbocycles. The minimum atomic E-state index is 0.365. The summed E-state index contributed by atoms with van der Waals surface area (Å²) in [5.74, 6) is 2.08. The molecule has 4 nitrogen and oxygen atoms in total. The third kappa shape index (κ3) is 2.95. The van der Waals surface area contributed by atoms with Crippen LogP contribution in [0.2, 0.25) is 0 Å². The Morgan fingerprint density at radius 2 is 2.04 bits per heavy atom. The van der Waals surface area contributed by atoms with Crippen LogP contribution in [0.1, 0.15) is 50.5 Å². The molecule has 4 heteroatoms. The van der Waals surface area contributed by atoms with Crippen LogP contribution in [0.3, 0.4) is 0 Å². The van der Waals surface area contributed by atoms with Crippen LogP contribution in [0.4, 0.5) is 0 Å². The standard InChI is InChI=1S/C21H31N3O/c1-15(16-8-4-3-5-9-16)14-23-20(22-2)24-18-17-10-13-25-19(17)21(18)11-6-7-12-21/h3-5,8-9,15,17-19H,6-7,10-14H2,1-2H3,(H2,22,23,24). The van der Waals surface area contributed by atoms with Crippen LogP contribution in [0.5, 0.6) is 0 Å². The predicted octanol–water partition coefficient (Wildman–Crippen LogP) is 3.30. The van der Waals surface area contributed by atoms with Crippen LogP contribution >= 0.6 is 0 Å². The van der Waals surface area contributed by atoms with E-state index >= 15 is 0 Å². The van der Waals surface area contributed by atoms with Gasteiger partial charge in [0.1, 0.15) is 0 Å². The Labute approximate surface area is 151 Å². The zero-order valence-electron chi connectivity index (χ0n) is 15.5. The maximum atomic E-state index is 6.09. The highest BCUT2D eigenvalue weighted by molar-refractivity contribution is 5.80. The lowest BCUT2D eigenvalue weighted by Crippen LogP contribution is -2.69. The molecule has 3 aliphatic rings. The third-order valence-electron chi connectivity index (χ3n) is 6.75. The molecule has 2 saturated carbocycles. The maximum absolute atomic E-state index is 6.09. The highest BCUT2D eigenvalue weighted by Gasteiger charge is 2.65. The molecule has 1 aliphatic heterocycles. The smallest absolute Gasteiger partial charge is 0.191 e. The molecule has 0 radical (unpaired) electrons. The lowest BCUT2D eigenvalue weighted by molar-refractivity contribution is -0.125. The van der Waals surface area contributed by atoms with Crippen molar-refractivity contribution in [3.05, 3.63) is 35.9 Å². The lowest BCUT2D eigenvalue weighted by atomic mass is 9.54. The van der Waals surface area contributed by atoms with Gasteiger partial charge >= 0.3 is 0 Å². The van der Waals surface area contributed by atoms with Crippen molar-refractivity contribution in [2.24, 2.45) is 16.3 Å². The summed E-state index contributed by atoms with van der Waals surface area (Å²) < 4.78 is 6.09. The van der Waals surface area contributed by atoms with E-state index in [4.69, 9.17) is 4.74 Å². The fourth-order valence-electron chi connectivity index (χ4n) is 5.40. The van der Waals surface area contributed by atoms with Crippen molar-refractivity contribution in [2.45, 2.75) is 57.1 Å². The maximum Gasteiger partial charge on any atom is 0.191 e. The van der Waals surface area contributed by atoms with E-state index in [0.717, 1.165) is 19.1 Å². The van der Waals surface area contributed by atoms with Gasteiger partial charge in [0.25, 0.3) is 0 Å². The molecule has 1 saturated heterocycles. The second-order valence-corrected chi connectivity index (χ2v) is 8.07. The molecule has 2 N–H and O–H groups in total. The number of rotatable bonds is 4. The number of benzene rings is 1. The highest BCUT2D eigenvalue weighted by atomic mass is 16.5. The van der Waals surface area contributed by atoms with Crippen LogP contribution < -0.4 is 10.6 Å². The summed E-state index contributed by atoms with van der Waals surface area (Å²) in [6.07, 6.45) is 7.01. The van der Waals surface area contributed by atoms with E-state index in [1.807, 2.05) is 7.05 Å². The minimum absolute atomic E-state index is 0.365. The van der Waals surface area contributed by atoms with Gasteiger partial charge in [0.2, 0.25) is 0 Å². The molecule has 0 amide bonds. The molecule has 1 aromatic rings. The molecule has 3 fully saturated rings. The molecule has 4 atom stereocenters. The molecule has 4 rings (SSSR count). The van der Waals surface area contributed by atoms with E-state index in [0.29, 0.717) is 29.4 Å². The second-order valence-electron chi connectivity index (χ2n) is 8.07. The Morgan fingerprint density at radius 3 is 2.76 bits per heavy atom. The molecular weight excluding hydrogens is 310 g/mol. The molecule has 4 unspecified atom stereocenters. The summed E-state index contributed by atoms with van der Waals surface area (Å²) >= 11 is 0. The predicted molar refractivity (Wildman–Crippen MR) is 102 cm³/mol. The summed E-state index contributed by atoms with van der Waals surface area (Å²) in [5.41, 5.74) is 1.73. The second kappa shape index (κ2) is 6.99. The topological polar surface area (TPSA) is 45.7 Å². The number of guanidine groups is 1. The van der Waals surface area contributed by atoms with Crippen molar-refractivity contribution in [3.8, 4) is 0 Å². The Hall–Kier alpha value is -1.55. The van der Waals surface area contributed by atoms with Gasteiger partial charge in [-0.2, -0.15) is 0 Å². The van der Waals surface area contributed by atoms with Crippen LogP contribution in [-0.4, -0.2) is 38.3 Å². The fourth-order valence-corrected chi connectivity index (χ4v) is 5.40. The number of aliphatic imine (C=N–C) groups is 1. The molecule has 1 spiro atoms. The van der Waals surface area contributed by atoms with Gasteiger partial charge in [-0.05, 0) is 30.7 Å². The van der Waals surface area contributed by atoms with E-state index in [1.165, 1.54) is 37.7 Å². The molecule has 25 heavy (non-hydrogen) atoms. The monoisotopic (exact) mass is 341 g/mol. The van der Waals surface area contributed by atoms with Crippen LogP contribution in [0, 0.1) is 11.3 Å². The summed E-state index contributed by atoms with van der Waals surface area (Å²) in [4.78, 5) is 4.50. The van der Waals surface area contributed by atoms with Crippen LogP contribution in [-0.2, 0) is 4.74 Å². The first-order valence-corrected chi connectivity index (χ1v) is 9.88. The number of fused-ring (bicyclic) bond motifs is 2. The largest absolute Gasteiger partial charge is 0.377 e. The van der Waals surface area contributed by atoms with Gasteiger partial charge < -0.3 is 15.4 Å². The third-order valence-corrected chi connectivity index (χ3v) is 6.75. The average Bonchev–Trinajstić information content (AvgIpc) is 3.31. The van der Waals surface area contributed by atoms with Gasteiger partial charge in [0.15, 0.2) is 5.96 Å². The minimum Gasteiger partial charge on any atom is -0.377 e. The molecule has 1 aromatic carbocycles. The molecular formula is C21H31N3O. The van der Waals surface area contributed by atoms with Gasteiger partial charge in [-0.25, -0.2) is 0 Å². The zero-order chi connectivity index (χ0) is 17.3. The van der Waals surface area contributed by atoms with Crippen molar-refractivity contribution in [2.75, 3.05) is 20.2 Å². The van der Waals surface area contributed by atoms with Crippen LogP contribution in [0.25, 0.3) is 0 Å². The number of nitrogens with one attached hydrogen (secondary N) is 2. The summed E-state index contributed by atoms with van der Waals surface area (Å²) in [5, 5.41) is 7.32. The Bertz CT molecular complexity index is 609. The number of ether oxygens (including phenoxy) is 1. The molecule has 136 valence electrons. The first-order chi connectivity index (χ1) is 12.2. The number of nitrogens with zero attached hydrogens (tertiary/aromatic N) is 1. The van der Waals surface area contributed by atoms with E-state index in [9.17, 15) is 0 Å². The van der Waals surface area contributed by atoms with E-state index in [-0.39, 0.29) is 0 Å². The summed E-state index contributed by atoms with van der Waals surface area (Å²) in [6.45, 7) is 4.10. The number of hydrogen-bond acceptors (Lipinski definition) is 2. The summed E-state index contributed by atoms with van der Waals surface area (Å²) in [6, 6.07) is 11.2. The Balaban J connectivity index is 1.37. The van der Waals surface area contributed by atoms with Crippen molar-refractivity contribution >= 4 is 5.96 Å². The van der Waals surface area contributed by atoms with Crippen LogP contribution in [0.15, 0.2) is 35.3 Å². The van der Waals surface area contributed by atoms with Gasteiger partial charge in [-0.15, -0.1) is 0 Å². The van der Waals surface area contributed by atoms with Crippen molar-refractivity contribution < 1.29 is 4.74 Å². The molecule has 1 heterocycles. The quantitative estimate of drug-likeness (QED) is 0.652. The average molecular weight is 341 g/mol. The SMILES string of the molecule is CN=C(NCC(C)c1ccccc1)NC1C2CCOC2C12CCCC2. The van der Waals surface area contributed by atoms with E-state index in [1.54, 1.807) is 0 Å². The number of hydrogen-bond donors (Lipinski definition) is 2. The van der Waals surface area contributed by atoms with Gasteiger partial charge in [0, 0.05) is 37.6 Å². The van der Waals surface area contributed by atoms with E-state index < -0.39 is 0 Å². The Kier molecular flexibility index (Phi) is 4.72. The first-order valence-electron chi connectivity index (χ1n) is 9.88. The van der Waals surface area contributed by atoms with E-state index in [2.05, 4.69) is 52.9 Å². The van der Waals surface area contributed by atoms with Crippen molar-refractivity contribution in [3.63, 3.8) is 0 Å². The molecule has 0 bridgehead atoms. The Morgan fingerprint density at radius 1 is 1.28 bits per heavy atom. The lowest BCUT2D eigenvalue weighted by Gasteiger charge is -2.57. The van der Waals surface area contributed by atoms with Gasteiger partial charge in [-0.1, -0.05) is 50.1 Å². The zero-order valence-corrected chi connectivity index (χ0v) is 15.5. The van der Waals surface area contributed by atoms with Crippen molar-refractivity contribution in [1.82, 2.24) is 10.6 Å². The normalized spacial score (nSPS) is 31.4.